The number of aromatic nitrogens is 1. The smallest absolute Gasteiger partial charge is 0.305 e. The van der Waals surface area contributed by atoms with Crippen LogP contribution in [0.15, 0.2) is 6.07 Å². The molecule has 0 spiro atoms. The minimum Gasteiger partial charge on any atom is -0.481 e. The Labute approximate surface area is 105 Å². The monoisotopic (exact) mass is 245 g/mol. The third-order valence-corrected chi connectivity index (χ3v) is 3.05. The maximum atomic E-state index is 10.5. The fourth-order valence-electron chi connectivity index (χ4n) is 2.14. The Balaban J connectivity index is 2.18. The Bertz CT molecular complexity index is 506. The predicted octanol–water partition coefficient (Wildman–Crippen LogP) is 1.72. The van der Waals surface area contributed by atoms with E-state index in [2.05, 4.69) is 16.4 Å². The third kappa shape index (κ3) is 2.77. The summed E-state index contributed by atoms with van der Waals surface area (Å²) in [6.45, 7) is 0.288. The van der Waals surface area contributed by atoms with Gasteiger partial charge >= 0.3 is 5.97 Å². The lowest BCUT2D eigenvalue weighted by atomic mass is 9.95. The Hall–Kier alpha value is -2.09. The lowest BCUT2D eigenvalue weighted by molar-refractivity contribution is -0.136. The van der Waals surface area contributed by atoms with Crippen molar-refractivity contribution in [3.8, 4) is 6.07 Å². The number of rotatable bonds is 4. The van der Waals surface area contributed by atoms with Crippen LogP contribution < -0.4 is 5.32 Å². The topological polar surface area (TPSA) is 86.0 Å². The SMILES string of the molecule is N#Cc1cc2c(nc1NCCC(=O)O)CCCC2. The molecule has 0 saturated heterocycles. The number of carbonyl (C=O) groups is 1. The zero-order valence-electron chi connectivity index (χ0n) is 10.1. The van der Waals surface area contributed by atoms with Crippen LogP contribution in [0.2, 0.25) is 0 Å². The van der Waals surface area contributed by atoms with E-state index in [0.717, 1.165) is 36.9 Å². The molecule has 18 heavy (non-hydrogen) atoms. The largest absolute Gasteiger partial charge is 0.481 e. The highest BCUT2D eigenvalue weighted by atomic mass is 16.4. The van der Waals surface area contributed by atoms with Crippen LogP contribution >= 0.6 is 0 Å². The molecule has 0 fully saturated rings. The molecule has 0 atom stereocenters. The molecule has 0 bridgehead atoms. The summed E-state index contributed by atoms with van der Waals surface area (Å²) in [5.41, 5.74) is 2.70. The molecule has 1 aromatic rings. The molecule has 0 saturated carbocycles. The molecule has 1 heterocycles. The molecule has 1 aliphatic rings. The van der Waals surface area contributed by atoms with E-state index in [1.807, 2.05) is 6.07 Å². The van der Waals surface area contributed by atoms with Crippen LogP contribution in [-0.2, 0) is 17.6 Å². The van der Waals surface area contributed by atoms with Crippen molar-refractivity contribution in [2.75, 3.05) is 11.9 Å². The third-order valence-electron chi connectivity index (χ3n) is 3.05. The van der Waals surface area contributed by atoms with E-state index >= 15 is 0 Å². The molecular weight excluding hydrogens is 230 g/mol. The molecule has 94 valence electrons. The van der Waals surface area contributed by atoms with Crippen molar-refractivity contribution in [2.24, 2.45) is 0 Å². The Kier molecular flexibility index (Phi) is 3.78. The number of anilines is 1. The van der Waals surface area contributed by atoms with Crippen molar-refractivity contribution in [2.45, 2.75) is 32.1 Å². The number of nitrogens with zero attached hydrogens (tertiary/aromatic N) is 2. The van der Waals surface area contributed by atoms with Gasteiger partial charge in [0.15, 0.2) is 0 Å². The van der Waals surface area contributed by atoms with E-state index < -0.39 is 5.97 Å². The van der Waals surface area contributed by atoms with Crippen molar-refractivity contribution >= 4 is 11.8 Å². The van der Waals surface area contributed by atoms with Crippen LogP contribution in [0, 0.1) is 11.3 Å². The van der Waals surface area contributed by atoms with Gasteiger partial charge in [0, 0.05) is 12.2 Å². The van der Waals surface area contributed by atoms with Gasteiger partial charge in [0.2, 0.25) is 0 Å². The van der Waals surface area contributed by atoms with Crippen molar-refractivity contribution in [1.82, 2.24) is 4.98 Å². The molecule has 0 radical (unpaired) electrons. The molecule has 2 rings (SSSR count). The van der Waals surface area contributed by atoms with Gasteiger partial charge < -0.3 is 10.4 Å². The minimum atomic E-state index is -0.862. The summed E-state index contributed by atoms with van der Waals surface area (Å²) < 4.78 is 0. The standard InChI is InChI=1S/C13H15N3O2/c14-8-10-7-9-3-1-2-4-11(9)16-13(10)15-6-5-12(17)18/h7H,1-6H2,(H,15,16)(H,17,18). The number of fused-ring (bicyclic) bond motifs is 1. The van der Waals surface area contributed by atoms with Crippen molar-refractivity contribution in [3.05, 3.63) is 22.9 Å². The van der Waals surface area contributed by atoms with Gasteiger partial charge in [-0.25, -0.2) is 4.98 Å². The highest BCUT2D eigenvalue weighted by Crippen LogP contribution is 2.24. The lowest BCUT2D eigenvalue weighted by Gasteiger charge is -2.17. The van der Waals surface area contributed by atoms with Gasteiger partial charge in [-0.05, 0) is 37.3 Å². The van der Waals surface area contributed by atoms with Crippen LogP contribution in [0.3, 0.4) is 0 Å². The molecule has 2 N–H and O–H groups in total. The number of carboxylic acid groups (broad SMARTS) is 1. The van der Waals surface area contributed by atoms with Gasteiger partial charge in [-0.1, -0.05) is 0 Å². The molecular formula is C13H15N3O2. The van der Waals surface area contributed by atoms with Crippen LogP contribution in [0.4, 0.5) is 5.82 Å². The van der Waals surface area contributed by atoms with Gasteiger partial charge in [0.05, 0.1) is 12.0 Å². The fourth-order valence-corrected chi connectivity index (χ4v) is 2.14. The molecule has 0 aliphatic heterocycles. The Morgan fingerprint density at radius 3 is 3.00 bits per heavy atom. The minimum absolute atomic E-state index is 0.0175. The number of nitriles is 1. The van der Waals surface area contributed by atoms with E-state index in [0.29, 0.717) is 11.4 Å². The first kappa shape index (κ1) is 12.4. The molecule has 1 aliphatic carbocycles. The number of nitrogens with one attached hydrogen (secondary N) is 1. The van der Waals surface area contributed by atoms with Crippen LogP contribution in [0.5, 0.6) is 0 Å². The molecule has 5 nitrogen and oxygen atoms in total. The van der Waals surface area contributed by atoms with Crippen molar-refractivity contribution < 1.29 is 9.90 Å². The first-order chi connectivity index (χ1) is 8.70. The average Bonchev–Trinajstić information content (AvgIpc) is 2.37. The second-order valence-electron chi connectivity index (χ2n) is 4.38. The number of hydrogen-bond acceptors (Lipinski definition) is 4. The summed E-state index contributed by atoms with van der Waals surface area (Å²) >= 11 is 0. The number of pyridine rings is 1. The Morgan fingerprint density at radius 2 is 2.28 bits per heavy atom. The molecule has 5 heteroatoms. The van der Waals surface area contributed by atoms with E-state index in [9.17, 15) is 4.79 Å². The van der Waals surface area contributed by atoms with Gasteiger partial charge in [-0.15, -0.1) is 0 Å². The first-order valence-electron chi connectivity index (χ1n) is 6.09. The second kappa shape index (κ2) is 5.50. The number of hydrogen-bond donors (Lipinski definition) is 2. The van der Waals surface area contributed by atoms with E-state index in [1.165, 1.54) is 0 Å². The zero-order chi connectivity index (χ0) is 13.0. The normalized spacial score (nSPS) is 13.5. The predicted molar refractivity (Wildman–Crippen MR) is 66.3 cm³/mol. The van der Waals surface area contributed by atoms with E-state index in [1.54, 1.807) is 0 Å². The van der Waals surface area contributed by atoms with Crippen LogP contribution in [0.25, 0.3) is 0 Å². The van der Waals surface area contributed by atoms with Gasteiger partial charge in [-0.2, -0.15) is 5.26 Å². The summed E-state index contributed by atoms with van der Waals surface area (Å²) in [5.74, 6) is -0.349. The maximum absolute atomic E-state index is 10.5. The summed E-state index contributed by atoms with van der Waals surface area (Å²) in [7, 11) is 0. The van der Waals surface area contributed by atoms with Crippen LogP contribution in [0.1, 0.15) is 36.1 Å². The summed E-state index contributed by atoms with van der Waals surface area (Å²) in [5, 5.41) is 20.6. The number of carboxylic acids is 1. The molecule has 0 amide bonds. The van der Waals surface area contributed by atoms with Gasteiger partial charge in [0.25, 0.3) is 0 Å². The quantitative estimate of drug-likeness (QED) is 0.843. The van der Waals surface area contributed by atoms with Gasteiger partial charge in [-0.3, -0.25) is 4.79 Å². The van der Waals surface area contributed by atoms with Gasteiger partial charge in [0.1, 0.15) is 11.9 Å². The molecule has 0 unspecified atom stereocenters. The van der Waals surface area contributed by atoms with Crippen molar-refractivity contribution in [3.63, 3.8) is 0 Å². The average molecular weight is 245 g/mol. The van der Waals surface area contributed by atoms with Crippen molar-refractivity contribution in [1.29, 1.82) is 5.26 Å². The summed E-state index contributed by atoms with van der Waals surface area (Å²) in [4.78, 5) is 14.9. The van der Waals surface area contributed by atoms with E-state index in [-0.39, 0.29) is 13.0 Å². The Morgan fingerprint density at radius 1 is 1.50 bits per heavy atom. The fraction of sp³-hybridized carbons (Fsp3) is 0.462. The van der Waals surface area contributed by atoms with Crippen LogP contribution in [-0.4, -0.2) is 22.6 Å². The maximum Gasteiger partial charge on any atom is 0.305 e. The molecule has 1 aromatic heterocycles. The molecule has 0 aromatic carbocycles. The lowest BCUT2D eigenvalue weighted by Crippen LogP contribution is -2.13. The highest BCUT2D eigenvalue weighted by Gasteiger charge is 2.14. The summed E-state index contributed by atoms with van der Waals surface area (Å²) in [6, 6.07) is 3.99. The first-order valence-corrected chi connectivity index (χ1v) is 6.09. The highest BCUT2D eigenvalue weighted by molar-refractivity contribution is 5.67. The summed E-state index contributed by atoms with van der Waals surface area (Å²) in [6.07, 6.45) is 4.20. The number of aliphatic carboxylic acids is 1. The zero-order valence-corrected chi connectivity index (χ0v) is 10.1. The van der Waals surface area contributed by atoms with E-state index in [4.69, 9.17) is 10.4 Å². The second-order valence-corrected chi connectivity index (χ2v) is 4.38. The number of aryl methyl sites for hydroxylation is 2.